The third-order valence-corrected chi connectivity index (χ3v) is 25.6. The summed E-state index contributed by atoms with van der Waals surface area (Å²) in [5.41, 5.74) is 0. The molecule has 8 aromatic carbocycles. The van der Waals surface area contributed by atoms with Crippen LogP contribution < -0.4 is 0 Å². The van der Waals surface area contributed by atoms with Gasteiger partial charge in [-0.15, -0.1) is 0 Å². The van der Waals surface area contributed by atoms with E-state index in [2.05, 4.69) is 0 Å². The van der Waals surface area contributed by atoms with Gasteiger partial charge in [0, 0.05) is 0 Å². The molecule has 0 unspecified atom stereocenters. The van der Waals surface area contributed by atoms with Crippen molar-refractivity contribution >= 4 is 91.5 Å². The molecular weight excluding hydrogens is 1230 g/mol. The Kier molecular flexibility index (Phi) is 20.5. The number of hydrogen-bond donors (Lipinski definition) is 0. The van der Waals surface area contributed by atoms with Crippen molar-refractivity contribution < 1.29 is 19.5 Å². The van der Waals surface area contributed by atoms with Crippen LogP contribution in [0.3, 0.4) is 0 Å². The molecule has 0 fully saturated rings. The number of halogens is 7. The van der Waals surface area contributed by atoms with Crippen LogP contribution in [0.4, 0.5) is 8.58 Å². The van der Waals surface area contributed by atoms with Crippen molar-refractivity contribution in [1.29, 1.82) is 0 Å². The minimum atomic E-state index is -3.45. The van der Waals surface area contributed by atoms with Crippen molar-refractivity contribution in [3.63, 3.8) is 0 Å². The molecule has 0 bridgehead atoms. The zero-order valence-electron chi connectivity index (χ0n) is 32.4. The predicted octanol–water partition coefficient (Wildman–Crippen LogP) is 15.5. The molecular formula is C49H43F3I4O3S. The van der Waals surface area contributed by atoms with E-state index in [0.717, 1.165) is 34.8 Å². The first-order valence-corrected chi connectivity index (χ1v) is 32.1. The Balaban J connectivity index is 0.000000153. The van der Waals surface area contributed by atoms with Gasteiger partial charge in [-0.2, -0.15) is 0 Å². The maximum atomic E-state index is 14.0. The third-order valence-electron chi connectivity index (χ3n) is 7.59. The molecule has 3 nitrogen and oxygen atoms in total. The van der Waals surface area contributed by atoms with Gasteiger partial charge in [0.15, 0.2) is 0 Å². The fourth-order valence-corrected chi connectivity index (χ4v) is 19.8. The summed E-state index contributed by atoms with van der Waals surface area (Å²) in [7, 11) is -3.45. The summed E-state index contributed by atoms with van der Waals surface area (Å²) in [5.74, 6) is 0. The second-order valence-electron chi connectivity index (χ2n) is 12.1. The second-order valence-corrected chi connectivity index (χ2v) is 30.2. The molecule has 312 valence electrons. The molecule has 0 aliphatic rings. The molecule has 11 heteroatoms. The van der Waals surface area contributed by atoms with E-state index in [0.29, 0.717) is 0 Å². The third kappa shape index (κ3) is 16.3. The van der Waals surface area contributed by atoms with Gasteiger partial charge in [-0.05, 0) is 0 Å². The zero-order valence-corrected chi connectivity index (χ0v) is 41.8. The average Bonchev–Trinajstić information content (AvgIpc) is 3.32. The SMILES string of the molecule is CS(=O)(=O)OI(c1ccccc1)c1ccccc1.FI(c1ccccc1)c1ccccc1.FI(c1ccccc1)c1ccccc1.FI(c1ccccc1)c1ccccc1. The van der Waals surface area contributed by atoms with Gasteiger partial charge in [-0.1, -0.05) is 0 Å². The monoisotopic (exact) mass is 1280 g/mol. The standard InChI is InChI=1S/C13H13IO3S.3C12H10FI/c1-18(15,16)17-14(12-8-4-2-5-9-12)13-10-6-3-7-11-13;3*13-14(11-7-3-1-4-8-11)12-9-5-2-6-10-12/h2-11H,1H3;3*1-10H. The van der Waals surface area contributed by atoms with Crippen LogP contribution in [0.15, 0.2) is 243 Å². The fourth-order valence-electron chi connectivity index (χ4n) is 4.90. The zero-order chi connectivity index (χ0) is 42.4. The quantitative estimate of drug-likeness (QED) is 0.128. The van der Waals surface area contributed by atoms with Gasteiger partial charge in [0.1, 0.15) is 0 Å². The maximum absolute atomic E-state index is 14.0. The second kappa shape index (κ2) is 26.0. The molecule has 60 heavy (non-hydrogen) atoms. The minimum absolute atomic E-state index is 0.864. The van der Waals surface area contributed by atoms with E-state index in [1.165, 1.54) is 0 Å². The van der Waals surface area contributed by atoms with E-state index in [1.807, 2.05) is 243 Å². The number of rotatable bonds is 10. The van der Waals surface area contributed by atoms with Gasteiger partial charge in [0.25, 0.3) is 0 Å². The van der Waals surface area contributed by atoms with Crippen LogP contribution in [0.2, 0.25) is 0 Å². The van der Waals surface area contributed by atoms with E-state index < -0.39 is 91.5 Å². The molecule has 0 spiro atoms. The van der Waals surface area contributed by atoms with Gasteiger partial charge in [-0.3, -0.25) is 0 Å². The molecule has 0 atom stereocenters. The van der Waals surface area contributed by atoms with E-state index >= 15 is 0 Å². The molecule has 0 radical (unpaired) electrons. The summed E-state index contributed by atoms with van der Waals surface area (Å²) >= 11 is -10.2. The Bertz CT molecular complexity index is 2120. The Morgan fingerprint density at radius 2 is 0.450 bits per heavy atom. The van der Waals surface area contributed by atoms with Crippen LogP contribution >= 0.6 is 81.4 Å². The van der Waals surface area contributed by atoms with E-state index in [1.54, 1.807) is 0 Å². The predicted molar refractivity (Wildman–Crippen MR) is 276 cm³/mol. The van der Waals surface area contributed by atoms with Crippen LogP contribution in [0.1, 0.15) is 0 Å². The molecule has 0 aliphatic carbocycles. The van der Waals surface area contributed by atoms with Crippen molar-refractivity contribution in [2.24, 2.45) is 0 Å². The van der Waals surface area contributed by atoms with Gasteiger partial charge in [0.05, 0.1) is 0 Å². The molecule has 0 saturated heterocycles. The van der Waals surface area contributed by atoms with Crippen LogP contribution in [-0.2, 0) is 12.6 Å². The van der Waals surface area contributed by atoms with Crippen LogP contribution in [0, 0.1) is 28.6 Å². The average molecular weight is 1280 g/mol. The summed E-state index contributed by atoms with van der Waals surface area (Å²) < 4.78 is 77.3. The number of hydrogen-bond acceptors (Lipinski definition) is 3. The van der Waals surface area contributed by atoms with Crippen molar-refractivity contribution in [3.05, 3.63) is 271 Å². The Hall–Kier alpha value is -3.62. The summed E-state index contributed by atoms with van der Waals surface area (Å²) in [6.45, 7) is 0. The van der Waals surface area contributed by atoms with Crippen LogP contribution in [-0.4, -0.2) is 14.7 Å². The summed E-state index contributed by atoms with van der Waals surface area (Å²) in [6, 6.07) is 75.7. The van der Waals surface area contributed by atoms with Gasteiger partial charge < -0.3 is 0 Å². The summed E-state index contributed by atoms with van der Waals surface area (Å²) in [4.78, 5) is 0. The van der Waals surface area contributed by atoms with Crippen molar-refractivity contribution in [3.8, 4) is 0 Å². The van der Waals surface area contributed by atoms with Crippen LogP contribution in [0.5, 0.6) is 0 Å². The van der Waals surface area contributed by atoms with E-state index in [-0.39, 0.29) is 0 Å². The summed E-state index contributed by atoms with van der Waals surface area (Å²) in [6.07, 6.45) is 1.10. The van der Waals surface area contributed by atoms with Crippen molar-refractivity contribution in [1.82, 2.24) is 0 Å². The molecule has 0 saturated carbocycles. The topological polar surface area (TPSA) is 43.4 Å². The van der Waals surface area contributed by atoms with Crippen molar-refractivity contribution in [2.75, 3.05) is 6.26 Å². The molecule has 8 rings (SSSR count). The number of benzene rings is 8. The van der Waals surface area contributed by atoms with E-state index in [4.69, 9.17) is 2.51 Å². The first-order chi connectivity index (χ1) is 29.2. The molecule has 0 aromatic heterocycles. The first kappa shape index (κ1) is 47.4. The molecule has 0 N–H and O–H groups in total. The Morgan fingerprint density at radius 3 is 0.600 bits per heavy atom. The van der Waals surface area contributed by atoms with Crippen LogP contribution in [0.25, 0.3) is 0 Å². The van der Waals surface area contributed by atoms with Gasteiger partial charge in [0.2, 0.25) is 0 Å². The molecule has 8 aromatic rings. The fraction of sp³-hybridized carbons (Fsp3) is 0.0204. The summed E-state index contributed by atoms with van der Waals surface area (Å²) in [5, 5.41) is 0. The van der Waals surface area contributed by atoms with E-state index in [9.17, 15) is 17.0 Å². The van der Waals surface area contributed by atoms with Gasteiger partial charge in [-0.25, -0.2) is 0 Å². The Labute approximate surface area is 384 Å². The molecule has 0 heterocycles. The van der Waals surface area contributed by atoms with Crippen molar-refractivity contribution in [2.45, 2.75) is 0 Å². The Morgan fingerprint density at radius 1 is 0.300 bits per heavy atom. The normalized spacial score (nSPS) is 11.4. The molecule has 0 aliphatic heterocycles. The molecule has 0 amide bonds. The first-order valence-electron chi connectivity index (χ1n) is 18.3. The van der Waals surface area contributed by atoms with Gasteiger partial charge >= 0.3 is 389 Å².